The zero-order valence-corrected chi connectivity index (χ0v) is 20.2. The number of carbonyl (C=O) groups excluding carboxylic acids is 1. The topological polar surface area (TPSA) is 65.8 Å². The maximum atomic E-state index is 12.7. The monoisotopic (exact) mass is 439 g/mol. The zero-order valence-electron chi connectivity index (χ0n) is 20.2. The van der Waals surface area contributed by atoms with E-state index < -0.39 is 0 Å². The molecule has 1 amide bonds. The number of piperazine rings is 1. The van der Waals surface area contributed by atoms with Crippen LogP contribution >= 0.6 is 0 Å². The molecule has 2 aliphatic heterocycles. The highest BCUT2D eigenvalue weighted by Crippen LogP contribution is 2.47. The standard InChI is InChI=1S/C26H37N3O3/c1-6-11-31-25(30)29-10-9-28(15-24(29)17(2)3)23-12-19(18-7-8-18)22-16-32-26(4,5)13-20(22)21(23)14-27/h12,17-18,24H,6-11,13,15-16H2,1-5H3/t24-/m0/s1. The van der Waals surface area contributed by atoms with E-state index in [-0.39, 0.29) is 17.7 Å². The molecule has 0 bridgehead atoms. The van der Waals surface area contributed by atoms with Crippen molar-refractivity contribution in [3.05, 3.63) is 28.3 Å². The Bertz CT molecular complexity index is 914. The average Bonchev–Trinajstić information content (AvgIpc) is 3.60. The first-order valence-corrected chi connectivity index (χ1v) is 12.2. The molecule has 0 aromatic heterocycles. The Balaban J connectivity index is 1.68. The highest BCUT2D eigenvalue weighted by molar-refractivity contribution is 5.71. The van der Waals surface area contributed by atoms with Gasteiger partial charge in [-0.25, -0.2) is 4.79 Å². The second kappa shape index (κ2) is 8.94. The molecule has 6 nitrogen and oxygen atoms in total. The van der Waals surface area contributed by atoms with Gasteiger partial charge in [0, 0.05) is 26.1 Å². The van der Waals surface area contributed by atoms with Crippen LogP contribution in [0.1, 0.15) is 82.1 Å². The first kappa shape index (κ1) is 22.9. The number of nitrogens with zero attached hydrogens (tertiary/aromatic N) is 3. The minimum absolute atomic E-state index is 0.0554. The van der Waals surface area contributed by atoms with Crippen LogP contribution in [0.2, 0.25) is 0 Å². The molecule has 1 saturated heterocycles. The van der Waals surface area contributed by atoms with Crippen molar-refractivity contribution in [3.63, 3.8) is 0 Å². The zero-order chi connectivity index (χ0) is 23.0. The molecule has 0 radical (unpaired) electrons. The SMILES string of the molecule is CCCOC(=O)N1CCN(c2cc(C3CC3)c3c(c2C#N)CC(C)(C)OC3)C[C@H]1C(C)C. The van der Waals surface area contributed by atoms with Crippen molar-refractivity contribution in [1.29, 1.82) is 5.26 Å². The van der Waals surface area contributed by atoms with Crippen LogP contribution in [-0.2, 0) is 22.5 Å². The average molecular weight is 440 g/mol. The Hall–Kier alpha value is -2.26. The quantitative estimate of drug-likeness (QED) is 0.647. The minimum Gasteiger partial charge on any atom is -0.449 e. The summed E-state index contributed by atoms with van der Waals surface area (Å²) >= 11 is 0. The summed E-state index contributed by atoms with van der Waals surface area (Å²) in [6.07, 6.45) is 3.80. The van der Waals surface area contributed by atoms with Crippen LogP contribution in [-0.4, -0.2) is 48.9 Å². The molecule has 3 aliphatic rings. The summed E-state index contributed by atoms with van der Waals surface area (Å²) in [4.78, 5) is 16.9. The minimum atomic E-state index is -0.264. The maximum Gasteiger partial charge on any atom is 0.410 e. The Kier molecular flexibility index (Phi) is 6.40. The molecule has 174 valence electrons. The first-order valence-electron chi connectivity index (χ1n) is 12.2. The normalized spacial score (nSPS) is 22.5. The lowest BCUT2D eigenvalue weighted by Crippen LogP contribution is -2.57. The number of fused-ring (bicyclic) bond motifs is 1. The molecule has 32 heavy (non-hydrogen) atoms. The fourth-order valence-electron chi connectivity index (χ4n) is 5.13. The largest absolute Gasteiger partial charge is 0.449 e. The number of ether oxygens (including phenoxy) is 2. The molecule has 1 aromatic rings. The van der Waals surface area contributed by atoms with Gasteiger partial charge in [0.25, 0.3) is 0 Å². The lowest BCUT2D eigenvalue weighted by molar-refractivity contribution is -0.0405. The van der Waals surface area contributed by atoms with Gasteiger partial charge in [-0.1, -0.05) is 20.8 Å². The Labute approximate surface area is 192 Å². The van der Waals surface area contributed by atoms with Crippen LogP contribution < -0.4 is 4.90 Å². The molecule has 0 spiro atoms. The van der Waals surface area contributed by atoms with E-state index in [1.165, 1.54) is 29.5 Å². The highest BCUT2D eigenvalue weighted by atomic mass is 16.6. The number of amides is 1. The summed E-state index contributed by atoms with van der Waals surface area (Å²) in [6, 6.07) is 4.87. The Morgan fingerprint density at radius 1 is 1.31 bits per heavy atom. The van der Waals surface area contributed by atoms with Gasteiger partial charge < -0.3 is 19.3 Å². The van der Waals surface area contributed by atoms with Gasteiger partial charge in [-0.15, -0.1) is 0 Å². The van der Waals surface area contributed by atoms with Gasteiger partial charge in [0.05, 0.1) is 36.1 Å². The molecule has 1 saturated carbocycles. The van der Waals surface area contributed by atoms with Gasteiger partial charge in [-0.2, -0.15) is 5.26 Å². The van der Waals surface area contributed by atoms with Crippen molar-refractivity contribution in [3.8, 4) is 6.07 Å². The summed E-state index contributed by atoms with van der Waals surface area (Å²) in [5.41, 5.74) is 5.36. The number of hydrogen-bond acceptors (Lipinski definition) is 5. The van der Waals surface area contributed by atoms with Gasteiger partial charge in [0.1, 0.15) is 6.07 Å². The van der Waals surface area contributed by atoms with Crippen molar-refractivity contribution in [2.45, 2.75) is 84.5 Å². The Morgan fingerprint density at radius 3 is 2.69 bits per heavy atom. The van der Waals surface area contributed by atoms with Crippen molar-refractivity contribution in [1.82, 2.24) is 4.90 Å². The molecule has 2 fully saturated rings. The summed E-state index contributed by atoms with van der Waals surface area (Å²) in [6.45, 7) is 13.6. The smallest absolute Gasteiger partial charge is 0.410 e. The van der Waals surface area contributed by atoms with Crippen molar-refractivity contribution in [2.24, 2.45) is 5.92 Å². The molecule has 0 N–H and O–H groups in total. The summed E-state index contributed by atoms with van der Waals surface area (Å²) in [5, 5.41) is 10.2. The lowest BCUT2D eigenvalue weighted by Gasteiger charge is -2.44. The van der Waals surface area contributed by atoms with Crippen LogP contribution in [0, 0.1) is 17.2 Å². The molecule has 1 aromatic carbocycles. The van der Waals surface area contributed by atoms with E-state index in [9.17, 15) is 10.1 Å². The fourth-order valence-corrected chi connectivity index (χ4v) is 5.13. The first-order chi connectivity index (χ1) is 15.3. The number of rotatable bonds is 5. The fraction of sp³-hybridized carbons (Fsp3) is 0.692. The molecule has 0 unspecified atom stereocenters. The third kappa shape index (κ3) is 4.45. The van der Waals surface area contributed by atoms with E-state index in [0.29, 0.717) is 38.1 Å². The van der Waals surface area contributed by atoms with E-state index in [1.807, 2.05) is 11.8 Å². The van der Waals surface area contributed by atoms with Crippen LogP contribution in [0.15, 0.2) is 6.07 Å². The molecule has 1 aliphatic carbocycles. The molecule has 1 atom stereocenters. The van der Waals surface area contributed by atoms with E-state index >= 15 is 0 Å². The van der Waals surface area contributed by atoms with Crippen LogP contribution in [0.5, 0.6) is 0 Å². The van der Waals surface area contributed by atoms with Crippen molar-refractivity contribution < 1.29 is 14.3 Å². The second-order valence-electron chi connectivity index (χ2n) is 10.5. The highest BCUT2D eigenvalue weighted by Gasteiger charge is 2.38. The molecule has 2 heterocycles. The van der Waals surface area contributed by atoms with Gasteiger partial charge in [-0.05, 0) is 67.7 Å². The maximum absolute atomic E-state index is 12.7. The molecular weight excluding hydrogens is 402 g/mol. The van der Waals surface area contributed by atoms with E-state index in [1.54, 1.807) is 0 Å². The van der Waals surface area contributed by atoms with E-state index in [0.717, 1.165) is 30.6 Å². The number of hydrogen-bond donors (Lipinski definition) is 0. The lowest BCUT2D eigenvalue weighted by atomic mass is 9.83. The van der Waals surface area contributed by atoms with Crippen molar-refractivity contribution >= 4 is 11.8 Å². The predicted octanol–water partition coefficient (Wildman–Crippen LogP) is 4.98. The Morgan fingerprint density at radius 2 is 2.06 bits per heavy atom. The third-order valence-electron chi connectivity index (χ3n) is 7.09. The van der Waals surface area contributed by atoms with E-state index in [4.69, 9.17) is 9.47 Å². The van der Waals surface area contributed by atoms with Crippen LogP contribution in [0.4, 0.5) is 10.5 Å². The number of nitriles is 1. The van der Waals surface area contributed by atoms with E-state index in [2.05, 4.69) is 44.7 Å². The van der Waals surface area contributed by atoms with Crippen molar-refractivity contribution in [2.75, 3.05) is 31.1 Å². The van der Waals surface area contributed by atoms with Gasteiger partial charge in [0.15, 0.2) is 0 Å². The van der Waals surface area contributed by atoms with Gasteiger partial charge in [0.2, 0.25) is 0 Å². The van der Waals surface area contributed by atoms with Crippen LogP contribution in [0.3, 0.4) is 0 Å². The van der Waals surface area contributed by atoms with Crippen LogP contribution in [0.25, 0.3) is 0 Å². The molecule has 6 heteroatoms. The number of anilines is 1. The summed E-state index contributed by atoms with van der Waals surface area (Å²) < 4.78 is 11.6. The molecule has 4 rings (SSSR count). The third-order valence-corrected chi connectivity index (χ3v) is 7.09. The predicted molar refractivity (Wildman–Crippen MR) is 125 cm³/mol. The molecular formula is C26H37N3O3. The summed E-state index contributed by atoms with van der Waals surface area (Å²) in [7, 11) is 0. The summed E-state index contributed by atoms with van der Waals surface area (Å²) in [5.74, 6) is 0.886. The van der Waals surface area contributed by atoms with Gasteiger partial charge >= 0.3 is 6.09 Å². The van der Waals surface area contributed by atoms with Gasteiger partial charge in [-0.3, -0.25) is 0 Å². The number of benzene rings is 1. The number of carbonyl (C=O) groups is 1. The second-order valence-corrected chi connectivity index (χ2v) is 10.5.